The summed E-state index contributed by atoms with van der Waals surface area (Å²) in [5.74, 6) is 0. The number of nitrogens with zero attached hydrogens (tertiary/aromatic N) is 2. The highest BCUT2D eigenvalue weighted by Crippen LogP contribution is 2.28. The highest BCUT2D eigenvalue weighted by Gasteiger charge is 2.01. The van der Waals surface area contributed by atoms with Crippen LogP contribution in [0.15, 0.2) is 36.5 Å². The molecular formula is C13H10N2S. The maximum Gasteiger partial charge on any atom is 0.0912 e. The van der Waals surface area contributed by atoms with Crippen molar-refractivity contribution in [3.05, 3.63) is 47.1 Å². The van der Waals surface area contributed by atoms with Gasteiger partial charge in [-0.3, -0.25) is 4.98 Å². The van der Waals surface area contributed by atoms with Crippen molar-refractivity contribution >= 4 is 17.4 Å². The van der Waals surface area contributed by atoms with Crippen LogP contribution in [0.1, 0.15) is 10.6 Å². The second-order valence-electron chi connectivity index (χ2n) is 3.35. The van der Waals surface area contributed by atoms with Crippen LogP contribution in [-0.4, -0.2) is 4.98 Å². The van der Waals surface area contributed by atoms with E-state index in [1.165, 1.54) is 16.5 Å². The maximum absolute atomic E-state index is 8.45. The molecule has 0 unspecified atom stereocenters. The van der Waals surface area contributed by atoms with Gasteiger partial charge in [-0.25, -0.2) is 0 Å². The Hall–Kier alpha value is -1.92. The van der Waals surface area contributed by atoms with Crippen molar-refractivity contribution in [1.82, 2.24) is 4.98 Å². The molecule has 3 heteroatoms. The molecule has 0 amide bonds. The topological polar surface area (TPSA) is 36.7 Å². The van der Waals surface area contributed by atoms with Crippen LogP contribution in [0.25, 0.3) is 16.5 Å². The molecule has 0 saturated carbocycles. The third-order valence-electron chi connectivity index (χ3n) is 2.13. The van der Waals surface area contributed by atoms with Crippen molar-refractivity contribution in [2.45, 2.75) is 6.92 Å². The molecule has 0 spiro atoms. The normalized spacial score (nSPS) is 10.5. The molecule has 0 bridgehead atoms. The Morgan fingerprint density at radius 1 is 1.38 bits per heavy atom. The average molecular weight is 226 g/mol. The van der Waals surface area contributed by atoms with Crippen molar-refractivity contribution in [2.75, 3.05) is 0 Å². The van der Waals surface area contributed by atoms with E-state index in [1.807, 2.05) is 37.4 Å². The zero-order valence-electron chi connectivity index (χ0n) is 8.84. The van der Waals surface area contributed by atoms with Crippen LogP contribution in [0.2, 0.25) is 0 Å². The van der Waals surface area contributed by atoms with Crippen molar-refractivity contribution in [1.29, 1.82) is 5.26 Å². The first-order chi connectivity index (χ1) is 7.79. The third-order valence-corrected chi connectivity index (χ3v) is 3.23. The van der Waals surface area contributed by atoms with Crippen LogP contribution in [-0.2, 0) is 0 Å². The fourth-order valence-corrected chi connectivity index (χ4v) is 2.32. The monoisotopic (exact) mass is 226 g/mol. The van der Waals surface area contributed by atoms with Crippen LogP contribution in [0, 0.1) is 18.3 Å². The molecule has 0 saturated heterocycles. The average Bonchev–Trinajstić information content (AvgIpc) is 2.75. The predicted octanol–water partition coefficient (Wildman–Crippen LogP) is 3.66. The van der Waals surface area contributed by atoms with Crippen molar-refractivity contribution in [3.8, 4) is 16.5 Å². The van der Waals surface area contributed by atoms with E-state index in [-0.39, 0.29) is 0 Å². The molecule has 2 heterocycles. The Bertz CT molecular complexity index is 561. The summed E-state index contributed by atoms with van der Waals surface area (Å²) in [7, 11) is 0. The van der Waals surface area contributed by atoms with Gasteiger partial charge in [-0.2, -0.15) is 5.26 Å². The lowest BCUT2D eigenvalue weighted by Crippen LogP contribution is -1.79. The SMILES string of the molecule is Cc1cc(-c2ccc(C=CC#N)s2)ccn1. The summed E-state index contributed by atoms with van der Waals surface area (Å²) in [6.07, 6.45) is 5.13. The van der Waals surface area contributed by atoms with Crippen molar-refractivity contribution < 1.29 is 0 Å². The van der Waals surface area contributed by atoms with E-state index in [2.05, 4.69) is 17.1 Å². The van der Waals surface area contributed by atoms with Gasteiger partial charge in [0.1, 0.15) is 0 Å². The minimum Gasteiger partial charge on any atom is -0.262 e. The minimum atomic E-state index is 1.01. The number of rotatable bonds is 2. The molecule has 0 radical (unpaired) electrons. The molecule has 2 aromatic heterocycles. The molecule has 78 valence electrons. The van der Waals surface area contributed by atoms with Crippen LogP contribution in [0.3, 0.4) is 0 Å². The van der Waals surface area contributed by atoms with Gasteiger partial charge in [0.2, 0.25) is 0 Å². The van der Waals surface area contributed by atoms with Gasteiger partial charge in [0, 0.05) is 27.7 Å². The Balaban J connectivity index is 2.32. The van der Waals surface area contributed by atoms with E-state index in [4.69, 9.17) is 5.26 Å². The molecule has 2 rings (SSSR count). The molecule has 0 aromatic carbocycles. The summed E-state index contributed by atoms with van der Waals surface area (Å²) in [6, 6.07) is 10.1. The molecule has 2 nitrogen and oxygen atoms in total. The fourth-order valence-electron chi connectivity index (χ4n) is 1.42. The molecule has 0 N–H and O–H groups in total. The smallest absolute Gasteiger partial charge is 0.0912 e. The highest BCUT2D eigenvalue weighted by molar-refractivity contribution is 7.16. The number of thiophene rings is 1. The van der Waals surface area contributed by atoms with Gasteiger partial charge in [0.25, 0.3) is 0 Å². The van der Waals surface area contributed by atoms with Crippen molar-refractivity contribution in [3.63, 3.8) is 0 Å². The summed E-state index contributed by atoms with van der Waals surface area (Å²) in [5.41, 5.74) is 2.19. The van der Waals surface area contributed by atoms with Gasteiger partial charge in [-0.1, -0.05) is 0 Å². The Kier molecular flexibility index (Phi) is 3.13. The van der Waals surface area contributed by atoms with Gasteiger partial charge in [-0.15, -0.1) is 11.3 Å². The molecule has 0 atom stereocenters. The number of aryl methyl sites for hydroxylation is 1. The summed E-state index contributed by atoms with van der Waals surface area (Å²) >= 11 is 1.67. The largest absolute Gasteiger partial charge is 0.262 e. The molecule has 16 heavy (non-hydrogen) atoms. The van der Waals surface area contributed by atoms with E-state index in [0.29, 0.717) is 0 Å². The summed E-state index contributed by atoms with van der Waals surface area (Å²) in [6.45, 7) is 1.98. The number of nitriles is 1. The summed E-state index contributed by atoms with van der Waals surface area (Å²) in [5, 5.41) is 8.45. The van der Waals surface area contributed by atoms with Gasteiger partial charge < -0.3 is 0 Å². The second kappa shape index (κ2) is 4.73. The minimum absolute atomic E-state index is 1.01. The lowest BCUT2D eigenvalue weighted by Gasteiger charge is -1.97. The van der Waals surface area contributed by atoms with E-state index in [1.54, 1.807) is 11.3 Å². The summed E-state index contributed by atoms with van der Waals surface area (Å²) < 4.78 is 0. The zero-order chi connectivity index (χ0) is 11.4. The zero-order valence-corrected chi connectivity index (χ0v) is 9.66. The number of hydrogen-bond donors (Lipinski definition) is 0. The maximum atomic E-state index is 8.45. The van der Waals surface area contributed by atoms with Gasteiger partial charge in [-0.05, 0) is 42.8 Å². The molecule has 0 fully saturated rings. The number of hydrogen-bond acceptors (Lipinski definition) is 3. The van der Waals surface area contributed by atoms with Gasteiger partial charge in [0.05, 0.1) is 6.07 Å². The van der Waals surface area contributed by atoms with E-state index >= 15 is 0 Å². The Labute approximate surface area is 98.5 Å². The van der Waals surface area contributed by atoms with E-state index < -0.39 is 0 Å². The number of allylic oxidation sites excluding steroid dienone is 1. The molecule has 2 aromatic rings. The molecular weight excluding hydrogens is 216 g/mol. The van der Waals surface area contributed by atoms with Crippen LogP contribution >= 0.6 is 11.3 Å². The van der Waals surface area contributed by atoms with Crippen molar-refractivity contribution in [2.24, 2.45) is 0 Å². The Morgan fingerprint density at radius 2 is 2.25 bits per heavy atom. The fraction of sp³-hybridized carbons (Fsp3) is 0.0769. The molecule has 0 aliphatic carbocycles. The second-order valence-corrected chi connectivity index (χ2v) is 4.47. The third kappa shape index (κ3) is 2.36. The molecule has 0 aliphatic rings. The summed E-state index contributed by atoms with van der Waals surface area (Å²) in [4.78, 5) is 6.46. The number of pyridine rings is 1. The Morgan fingerprint density at radius 3 is 3.00 bits per heavy atom. The van der Waals surface area contributed by atoms with Crippen LogP contribution < -0.4 is 0 Å². The first-order valence-electron chi connectivity index (χ1n) is 4.88. The van der Waals surface area contributed by atoms with Gasteiger partial charge >= 0.3 is 0 Å². The van der Waals surface area contributed by atoms with E-state index in [0.717, 1.165) is 10.6 Å². The number of aromatic nitrogens is 1. The first kappa shape index (κ1) is 10.6. The molecule has 0 aliphatic heterocycles. The van der Waals surface area contributed by atoms with E-state index in [9.17, 15) is 0 Å². The first-order valence-corrected chi connectivity index (χ1v) is 5.70. The lowest BCUT2D eigenvalue weighted by molar-refractivity contribution is 1.20. The predicted molar refractivity (Wildman–Crippen MR) is 66.9 cm³/mol. The highest BCUT2D eigenvalue weighted by atomic mass is 32.1. The van der Waals surface area contributed by atoms with Crippen LogP contribution in [0.5, 0.6) is 0 Å². The quantitative estimate of drug-likeness (QED) is 0.733. The standard InChI is InChI=1S/C13H10N2S/c1-10-9-11(6-8-15-10)13-5-4-12(16-13)3-2-7-14/h2-6,8-9H,1H3. The lowest BCUT2D eigenvalue weighted by atomic mass is 10.2. The van der Waals surface area contributed by atoms with Gasteiger partial charge in [0.15, 0.2) is 0 Å². The van der Waals surface area contributed by atoms with Crippen LogP contribution in [0.4, 0.5) is 0 Å².